The number of carboxylic acid groups (broad SMARTS) is 1. The van der Waals surface area contributed by atoms with E-state index in [4.69, 9.17) is 5.11 Å². The summed E-state index contributed by atoms with van der Waals surface area (Å²) in [7, 11) is 0. The summed E-state index contributed by atoms with van der Waals surface area (Å²) in [5, 5.41) is 20.8. The number of amides is 1. The summed E-state index contributed by atoms with van der Waals surface area (Å²) in [5.74, 6) is -0.968. The standard InChI is InChI=1S/C13H25NO4/c1-13(2,3)8-10(15)9-14-11(16)6-4-5-7-12(17)18/h10,15H,4-9H2,1-3H3,(H,14,16)(H,17,18). The Morgan fingerprint density at radius 2 is 1.72 bits per heavy atom. The number of aliphatic hydroxyl groups is 1. The predicted octanol–water partition coefficient (Wildman–Crippen LogP) is 1.54. The summed E-state index contributed by atoms with van der Waals surface area (Å²) >= 11 is 0. The van der Waals surface area contributed by atoms with Crippen LogP contribution in [0.25, 0.3) is 0 Å². The maximum atomic E-state index is 11.4. The molecule has 0 fully saturated rings. The predicted molar refractivity (Wildman–Crippen MR) is 69.2 cm³/mol. The molecule has 18 heavy (non-hydrogen) atoms. The average molecular weight is 259 g/mol. The molecule has 0 radical (unpaired) electrons. The second-order valence-electron chi connectivity index (χ2n) is 5.82. The molecule has 0 bridgehead atoms. The monoisotopic (exact) mass is 259 g/mol. The summed E-state index contributed by atoms with van der Waals surface area (Å²) < 4.78 is 0. The smallest absolute Gasteiger partial charge is 0.303 e. The summed E-state index contributed by atoms with van der Waals surface area (Å²) in [6.45, 7) is 6.35. The molecule has 0 spiro atoms. The number of unbranched alkanes of at least 4 members (excludes halogenated alkanes) is 1. The van der Waals surface area contributed by atoms with Crippen molar-refractivity contribution in [1.29, 1.82) is 0 Å². The zero-order chi connectivity index (χ0) is 14.2. The van der Waals surface area contributed by atoms with Gasteiger partial charge < -0.3 is 15.5 Å². The normalized spacial score (nSPS) is 13.1. The number of rotatable bonds is 8. The highest BCUT2D eigenvalue weighted by Gasteiger charge is 2.17. The van der Waals surface area contributed by atoms with Crippen molar-refractivity contribution < 1.29 is 19.8 Å². The fraction of sp³-hybridized carbons (Fsp3) is 0.846. The molecule has 0 rings (SSSR count). The first-order valence-corrected chi connectivity index (χ1v) is 6.37. The summed E-state index contributed by atoms with van der Waals surface area (Å²) in [6.07, 6.45) is 1.58. The molecule has 0 saturated heterocycles. The van der Waals surface area contributed by atoms with E-state index in [1.165, 1.54) is 0 Å². The van der Waals surface area contributed by atoms with Crippen molar-refractivity contribution >= 4 is 11.9 Å². The van der Waals surface area contributed by atoms with Crippen molar-refractivity contribution in [2.24, 2.45) is 5.41 Å². The van der Waals surface area contributed by atoms with Gasteiger partial charge in [-0.3, -0.25) is 9.59 Å². The SMILES string of the molecule is CC(C)(C)CC(O)CNC(=O)CCCCC(=O)O. The van der Waals surface area contributed by atoms with Crippen molar-refractivity contribution in [3.05, 3.63) is 0 Å². The Morgan fingerprint density at radius 1 is 1.17 bits per heavy atom. The van der Waals surface area contributed by atoms with Crippen molar-refractivity contribution in [2.75, 3.05) is 6.54 Å². The van der Waals surface area contributed by atoms with E-state index in [2.05, 4.69) is 5.32 Å². The summed E-state index contributed by atoms with van der Waals surface area (Å²) in [5.41, 5.74) is 0.0334. The van der Waals surface area contributed by atoms with Gasteiger partial charge in [-0.1, -0.05) is 20.8 Å². The highest BCUT2D eigenvalue weighted by molar-refractivity contribution is 5.75. The lowest BCUT2D eigenvalue weighted by molar-refractivity contribution is -0.137. The Bertz CT molecular complexity index is 271. The third-order valence-electron chi connectivity index (χ3n) is 2.43. The molecule has 0 aliphatic heterocycles. The van der Waals surface area contributed by atoms with Gasteiger partial charge in [0, 0.05) is 19.4 Å². The van der Waals surface area contributed by atoms with E-state index < -0.39 is 12.1 Å². The molecule has 0 aliphatic carbocycles. The number of nitrogens with one attached hydrogen (secondary N) is 1. The molecule has 5 heteroatoms. The molecule has 0 heterocycles. The van der Waals surface area contributed by atoms with Crippen LogP contribution in [0.2, 0.25) is 0 Å². The van der Waals surface area contributed by atoms with Gasteiger partial charge in [0.1, 0.15) is 0 Å². The number of carboxylic acids is 1. The first-order chi connectivity index (χ1) is 8.20. The van der Waals surface area contributed by atoms with Crippen LogP contribution in [0, 0.1) is 5.41 Å². The number of hydrogen-bond acceptors (Lipinski definition) is 3. The van der Waals surface area contributed by atoms with Crippen molar-refractivity contribution in [3.8, 4) is 0 Å². The molecule has 0 aromatic rings. The van der Waals surface area contributed by atoms with Gasteiger partial charge >= 0.3 is 5.97 Å². The molecule has 0 saturated carbocycles. The van der Waals surface area contributed by atoms with Gasteiger partial charge in [-0.15, -0.1) is 0 Å². The second-order valence-corrected chi connectivity index (χ2v) is 5.82. The molecule has 3 N–H and O–H groups in total. The Kier molecular flexibility index (Phi) is 7.59. The van der Waals surface area contributed by atoms with Crippen LogP contribution in [-0.4, -0.2) is 34.7 Å². The van der Waals surface area contributed by atoms with Crippen molar-refractivity contribution in [3.63, 3.8) is 0 Å². The maximum Gasteiger partial charge on any atom is 0.303 e. The van der Waals surface area contributed by atoms with Crippen LogP contribution in [0.5, 0.6) is 0 Å². The van der Waals surface area contributed by atoms with Gasteiger partial charge in [-0.2, -0.15) is 0 Å². The molecule has 1 amide bonds. The molecule has 1 atom stereocenters. The molecular formula is C13H25NO4. The molecule has 0 aliphatic rings. The lowest BCUT2D eigenvalue weighted by atomic mass is 9.89. The number of hydrogen-bond donors (Lipinski definition) is 3. The van der Waals surface area contributed by atoms with E-state index in [-0.39, 0.29) is 24.3 Å². The molecule has 106 valence electrons. The summed E-state index contributed by atoms with van der Waals surface area (Å²) in [4.78, 5) is 21.6. The lowest BCUT2D eigenvalue weighted by Crippen LogP contribution is -2.34. The Hall–Kier alpha value is -1.10. The highest BCUT2D eigenvalue weighted by atomic mass is 16.4. The molecule has 0 aromatic carbocycles. The number of aliphatic carboxylic acids is 1. The van der Waals surface area contributed by atoms with Crippen molar-refractivity contribution in [2.45, 2.75) is 59.0 Å². The van der Waals surface area contributed by atoms with E-state index >= 15 is 0 Å². The van der Waals surface area contributed by atoms with Crippen LogP contribution in [0.3, 0.4) is 0 Å². The van der Waals surface area contributed by atoms with E-state index in [1.54, 1.807) is 0 Å². The maximum absolute atomic E-state index is 11.4. The fourth-order valence-electron chi connectivity index (χ4n) is 1.66. The van der Waals surface area contributed by atoms with Gasteiger partial charge in [-0.25, -0.2) is 0 Å². The first-order valence-electron chi connectivity index (χ1n) is 6.37. The molecule has 0 aromatic heterocycles. The third-order valence-corrected chi connectivity index (χ3v) is 2.43. The Morgan fingerprint density at radius 3 is 2.22 bits per heavy atom. The van der Waals surface area contributed by atoms with E-state index in [9.17, 15) is 14.7 Å². The van der Waals surface area contributed by atoms with E-state index in [0.717, 1.165) is 0 Å². The van der Waals surface area contributed by atoms with Gasteiger partial charge in [0.2, 0.25) is 5.91 Å². The zero-order valence-electron chi connectivity index (χ0n) is 11.5. The molecule has 5 nitrogen and oxygen atoms in total. The van der Waals surface area contributed by atoms with Crippen LogP contribution in [-0.2, 0) is 9.59 Å². The zero-order valence-corrected chi connectivity index (χ0v) is 11.5. The molecular weight excluding hydrogens is 234 g/mol. The minimum Gasteiger partial charge on any atom is -0.481 e. The van der Waals surface area contributed by atoms with Crippen LogP contribution in [0.1, 0.15) is 52.9 Å². The minimum atomic E-state index is -0.837. The number of carbonyl (C=O) groups excluding carboxylic acids is 1. The fourth-order valence-corrected chi connectivity index (χ4v) is 1.66. The van der Waals surface area contributed by atoms with Gasteiger partial charge in [0.05, 0.1) is 6.10 Å². The number of carbonyl (C=O) groups is 2. The van der Waals surface area contributed by atoms with Crippen LogP contribution < -0.4 is 5.32 Å². The minimum absolute atomic E-state index is 0.0334. The van der Waals surface area contributed by atoms with Crippen molar-refractivity contribution in [1.82, 2.24) is 5.32 Å². The van der Waals surface area contributed by atoms with Gasteiger partial charge in [0.15, 0.2) is 0 Å². The molecule has 1 unspecified atom stereocenters. The largest absolute Gasteiger partial charge is 0.481 e. The van der Waals surface area contributed by atoms with Gasteiger partial charge in [-0.05, 0) is 24.7 Å². The van der Waals surface area contributed by atoms with E-state index in [0.29, 0.717) is 25.7 Å². The van der Waals surface area contributed by atoms with Crippen LogP contribution in [0.4, 0.5) is 0 Å². The second kappa shape index (κ2) is 8.08. The summed E-state index contributed by atoms with van der Waals surface area (Å²) in [6, 6.07) is 0. The van der Waals surface area contributed by atoms with E-state index in [1.807, 2.05) is 20.8 Å². The average Bonchev–Trinajstić information content (AvgIpc) is 2.19. The van der Waals surface area contributed by atoms with Crippen LogP contribution in [0.15, 0.2) is 0 Å². The first kappa shape index (κ1) is 16.9. The third kappa shape index (κ3) is 11.4. The quantitative estimate of drug-likeness (QED) is 0.577. The topological polar surface area (TPSA) is 86.6 Å². The Labute approximate surface area is 109 Å². The van der Waals surface area contributed by atoms with Crippen LogP contribution >= 0.6 is 0 Å². The Balaban J connectivity index is 3.61. The highest BCUT2D eigenvalue weighted by Crippen LogP contribution is 2.20. The lowest BCUT2D eigenvalue weighted by Gasteiger charge is -2.22. The number of aliphatic hydroxyl groups excluding tert-OH is 1. The van der Waals surface area contributed by atoms with Gasteiger partial charge in [0.25, 0.3) is 0 Å².